The summed E-state index contributed by atoms with van der Waals surface area (Å²) < 4.78 is 8.15. The van der Waals surface area contributed by atoms with E-state index in [9.17, 15) is 4.79 Å². The van der Waals surface area contributed by atoms with Gasteiger partial charge in [-0.15, -0.1) is 0 Å². The number of thiazole rings is 1. The van der Waals surface area contributed by atoms with Gasteiger partial charge in [-0.3, -0.25) is 4.79 Å². The molecule has 29 heavy (non-hydrogen) atoms. The minimum atomic E-state index is -0.1000. The Hall–Kier alpha value is -0.420. The number of halogens is 1. The molecule has 162 valence electrons. The molecule has 4 aliphatic rings. The van der Waals surface area contributed by atoms with Crippen LogP contribution >= 0.6 is 11.3 Å². The van der Waals surface area contributed by atoms with Crippen LogP contribution in [0.4, 0.5) is 0 Å². The van der Waals surface area contributed by atoms with Crippen LogP contribution in [-0.4, -0.2) is 12.1 Å². The summed E-state index contributed by atoms with van der Waals surface area (Å²) in [5.74, 6) is 3.24. The molecule has 0 bridgehead atoms. The van der Waals surface area contributed by atoms with Crippen LogP contribution < -0.4 is 21.5 Å². The third-order valence-corrected chi connectivity index (χ3v) is 10.8. The van der Waals surface area contributed by atoms with Crippen LogP contribution in [0.25, 0.3) is 0 Å². The van der Waals surface area contributed by atoms with Crippen molar-refractivity contribution in [2.45, 2.75) is 97.1 Å². The average Bonchev–Trinajstić information content (AvgIpc) is 3.19. The van der Waals surface area contributed by atoms with E-state index in [0.717, 1.165) is 43.1 Å². The molecule has 0 unspecified atom stereocenters. The summed E-state index contributed by atoms with van der Waals surface area (Å²) in [5, 5.41) is 0. The van der Waals surface area contributed by atoms with E-state index < -0.39 is 0 Å². The molecule has 5 heteroatoms. The van der Waals surface area contributed by atoms with E-state index in [1.165, 1.54) is 38.5 Å². The van der Waals surface area contributed by atoms with E-state index in [4.69, 9.17) is 4.74 Å². The second-order valence-electron chi connectivity index (χ2n) is 10.6. The molecule has 1 heterocycles. The molecule has 0 saturated heterocycles. The van der Waals surface area contributed by atoms with E-state index in [1.54, 1.807) is 17.5 Å². The normalized spacial score (nSPS) is 42.7. The standard InChI is InChI=1S/C24H36NO2S.BrH/c1-5-25-14-28-22-21(25)13-20-18-7-6-16-12-17(27-15(2)26)8-10-23(16,3)19(18)9-11-24(20,22)4;/h14,16-20H,5-13H2,1-4H3;1H/q+1;/p-1/t16-,17-,18+,19-,20-,23-,24-;/m0./s1. The zero-order valence-electron chi connectivity index (χ0n) is 18.4. The summed E-state index contributed by atoms with van der Waals surface area (Å²) in [4.78, 5) is 13.2. The lowest BCUT2D eigenvalue weighted by molar-refractivity contribution is -0.696. The van der Waals surface area contributed by atoms with Crippen LogP contribution in [0.2, 0.25) is 0 Å². The molecule has 7 atom stereocenters. The third-order valence-electron chi connectivity index (χ3n) is 9.52. The highest BCUT2D eigenvalue weighted by Crippen LogP contribution is 2.65. The third kappa shape index (κ3) is 3.16. The van der Waals surface area contributed by atoms with E-state index in [-0.39, 0.29) is 29.1 Å². The lowest BCUT2D eigenvalue weighted by Gasteiger charge is -2.60. The predicted molar refractivity (Wildman–Crippen MR) is 111 cm³/mol. The van der Waals surface area contributed by atoms with Crippen molar-refractivity contribution in [1.82, 2.24) is 0 Å². The summed E-state index contributed by atoms with van der Waals surface area (Å²) in [5.41, 5.74) is 4.90. The van der Waals surface area contributed by atoms with E-state index in [2.05, 4.69) is 30.8 Å². The van der Waals surface area contributed by atoms with Gasteiger partial charge in [-0.05, 0) is 81.0 Å². The molecule has 0 spiro atoms. The number of carbonyl (C=O) groups excluding carboxylic acids is 1. The highest BCUT2D eigenvalue weighted by Gasteiger charge is 2.61. The molecule has 5 rings (SSSR count). The van der Waals surface area contributed by atoms with Crippen molar-refractivity contribution in [2.75, 3.05) is 0 Å². The molecule has 4 aliphatic carbocycles. The largest absolute Gasteiger partial charge is 1.00 e. The summed E-state index contributed by atoms with van der Waals surface area (Å²) in [7, 11) is 0. The minimum Gasteiger partial charge on any atom is -1.00 e. The van der Waals surface area contributed by atoms with Gasteiger partial charge in [0.1, 0.15) is 12.6 Å². The molecule has 1 aromatic rings. The first-order chi connectivity index (χ1) is 13.4. The first-order valence-electron chi connectivity index (χ1n) is 11.5. The Morgan fingerprint density at radius 2 is 2.00 bits per heavy atom. The van der Waals surface area contributed by atoms with Gasteiger partial charge in [0.2, 0.25) is 5.51 Å². The highest BCUT2D eigenvalue weighted by atomic mass is 79.9. The Bertz CT molecular complexity index is 794. The molecular weight excluding hydrogens is 446 g/mol. The zero-order chi connectivity index (χ0) is 19.7. The molecule has 3 fully saturated rings. The van der Waals surface area contributed by atoms with Crippen molar-refractivity contribution < 1.29 is 31.1 Å². The van der Waals surface area contributed by atoms with Crippen LogP contribution in [0.5, 0.6) is 0 Å². The van der Waals surface area contributed by atoms with Crippen molar-refractivity contribution in [3.63, 3.8) is 0 Å². The lowest BCUT2D eigenvalue weighted by Crippen LogP contribution is -3.00. The summed E-state index contributed by atoms with van der Waals surface area (Å²) >= 11 is 2.03. The van der Waals surface area contributed by atoms with Crippen molar-refractivity contribution >= 4 is 17.3 Å². The van der Waals surface area contributed by atoms with Crippen molar-refractivity contribution in [3.8, 4) is 0 Å². The Morgan fingerprint density at radius 3 is 2.72 bits per heavy atom. The van der Waals surface area contributed by atoms with Crippen LogP contribution in [0.3, 0.4) is 0 Å². The van der Waals surface area contributed by atoms with Crippen LogP contribution in [0.15, 0.2) is 5.51 Å². The Kier molecular flexibility index (Phi) is 5.72. The number of nitrogens with zero attached hydrogens (tertiary/aromatic N) is 1. The van der Waals surface area contributed by atoms with Gasteiger partial charge >= 0.3 is 5.97 Å². The van der Waals surface area contributed by atoms with Gasteiger partial charge < -0.3 is 21.7 Å². The van der Waals surface area contributed by atoms with Gasteiger partial charge in [0.25, 0.3) is 0 Å². The van der Waals surface area contributed by atoms with Gasteiger partial charge in [-0.25, -0.2) is 0 Å². The number of esters is 1. The molecule has 3 nitrogen and oxygen atoms in total. The van der Waals surface area contributed by atoms with E-state index in [0.29, 0.717) is 10.8 Å². The summed E-state index contributed by atoms with van der Waals surface area (Å²) in [6.07, 6.45) is 10.4. The number of hydrogen-bond acceptors (Lipinski definition) is 3. The predicted octanol–water partition coefficient (Wildman–Crippen LogP) is 2.05. The molecule has 3 saturated carbocycles. The SMILES string of the molecule is CC[n+]1csc2c1C[C@H]1[C@@H]3CC[C@H]4C[C@@H](OC(C)=O)CC[C@]4(C)[C@H]3CC[C@]21C.[Br-]. The Labute approximate surface area is 190 Å². The fourth-order valence-electron chi connectivity index (χ4n) is 8.07. The molecular formula is C24H36BrNO2S. The molecule has 1 aromatic heterocycles. The van der Waals surface area contributed by atoms with Gasteiger partial charge in [0.15, 0.2) is 5.69 Å². The minimum absolute atomic E-state index is 0. The molecule has 0 aromatic carbocycles. The molecule has 0 amide bonds. The van der Waals surface area contributed by atoms with Crippen molar-refractivity contribution in [1.29, 1.82) is 0 Å². The summed E-state index contributed by atoms with van der Waals surface area (Å²) in [6, 6.07) is 0. The highest BCUT2D eigenvalue weighted by molar-refractivity contribution is 7.09. The number of aryl methyl sites for hydroxylation is 1. The number of ether oxygens (including phenoxy) is 1. The zero-order valence-corrected chi connectivity index (χ0v) is 20.8. The first kappa shape index (κ1) is 21.8. The second kappa shape index (κ2) is 7.62. The maximum Gasteiger partial charge on any atom is 0.302 e. The Balaban J connectivity index is 0.00000205. The first-order valence-corrected chi connectivity index (χ1v) is 12.4. The molecule has 0 radical (unpaired) electrons. The monoisotopic (exact) mass is 481 g/mol. The number of hydrogen-bond donors (Lipinski definition) is 0. The van der Waals surface area contributed by atoms with E-state index >= 15 is 0 Å². The Morgan fingerprint density at radius 1 is 1.21 bits per heavy atom. The average molecular weight is 483 g/mol. The van der Waals surface area contributed by atoms with Crippen LogP contribution in [0.1, 0.15) is 83.2 Å². The lowest BCUT2D eigenvalue weighted by atomic mass is 9.45. The number of aromatic nitrogens is 1. The molecule has 0 N–H and O–H groups in total. The quantitative estimate of drug-likeness (QED) is 0.477. The number of fused-ring (bicyclic) bond motifs is 7. The van der Waals surface area contributed by atoms with Gasteiger partial charge in [0, 0.05) is 18.8 Å². The maximum absolute atomic E-state index is 11.5. The fraction of sp³-hybridized carbons (Fsp3) is 0.833. The number of rotatable bonds is 2. The van der Waals surface area contributed by atoms with Gasteiger partial charge in [-0.2, -0.15) is 4.57 Å². The molecule has 0 aliphatic heterocycles. The van der Waals surface area contributed by atoms with Crippen molar-refractivity contribution in [3.05, 3.63) is 16.1 Å². The summed E-state index contributed by atoms with van der Waals surface area (Å²) in [6.45, 7) is 10.1. The smallest absolute Gasteiger partial charge is 0.302 e. The maximum atomic E-state index is 11.5. The van der Waals surface area contributed by atoms with Gasteiger partial charge in [-0.1, -0.05) is 25.2 Å². The number of carbonyl (C=O) groups is 1. The van der Waals surface area contributed by atoms with Gasteiger partial charge in [0.05, 0.1) is 4.88 Å². The second-order valence-corrected chi connectivity index (χ2v) is 11.5. The van der Waals surface area contributed by atoms with Crippen molar-refractivity contribution in [2.24, 2.45) is 29.1 Å². The van der Waals surface area contributed by atoms with Crippen LogP contribution in [0, 0.1) is 29.1 Å². The van der Waals surface area contributed by atoms with E-state index in [1.807, 2.05) is 11.3 Å². The fourth-order valence-corrected chi connectivity index (χ4v) is 9.43. The topological polar surface area (TPSA) is 30.2 Å². The van der Waals surface area contributed by atoms with Crippen LogP contribution in [-0.2, 0) is 27.9 Å².